The van der Waals surface area contributed by atoms with Gasteiger partial charge in [-0.1, -0.05) is 0 Å². The normalized spacial score (nSPS) is 23.4. The van der Waals surface area contributed by atoms with Crippen molar-refractivity contribution in [1.29, 1.82) is 0 Å². The molecule has 2 aliphatic rings. The van der Waals surface area contributed by atoms with Crippen molar-refractivity contribution in [3.63, 3.8) is 0 Å². The Morgan fingerprint density at radius 3 is 2.39 bits per heavy atom. The zero-order valence-electron chi connectivity index (χ0n) is 11.3. The molecule has 0 saturated carbocycles. The Kier molecular flexibility index (Phi) is 4.83. The quantitative estimate of drug-likeness (QED) is 0.819. The maximum absolute atomic E-state index is 11.4. The molecule has 2 aliphatic heterocycles. The number of hydrogen-bond donors (Lipinski definition) is 1. The van der Waals surface area contributed by atoms with Gasteiger partial charge in [0.05, 0.1) is 0 Å². The van der Waals surface area contributed by atoms with Crippen LogP contribution in [0.2, 0.25) is 0 Å². The smallest absolute Gasteiger partial charge is 0.407 e. The van der Waals surface area contributed by atoms with Crippen LogP contribution in [0.1, 0.15) is 25.7 Å². The second-order valence-electron chi connectivity index (χ2n) is 5.56. The van der Waals surface area contributed by atoms with Crippen LogP contribution in [0, 0.1) is 0 Å². The van der Waals surface area contributed by atoms with Crippen molar-refractivity contribution in [2.24, 2.45) is 0 Å². The molecule has 104 valence electrons. The van der Waals surface area contributed by atoms with Gasteiger partial charge in [0.1, 0.15) is 0 Å². The summed E-state index contributed by atoms with van der Waals surface area (Å²) in [4.78, 5) is 17.7. The summed E-state index contributed by atoms with van der Waals surface area (Å²) in [5.41, 5.74) is 0. The Bertz CT molecular complexity index is 271. The number of carbonyl (C=O) groups is 1. The van der Waals surface area contributed by atoms with Gasteiger partial charge in [-0.3, -0.25) is 0 Å². The lowest BCUT2D eigenvalue weighted by atomic mass is 10.0. The van der Waals surface area contributed by atoms with E-state index < -0.39 is 6.09 Å². The topological polar surface area (TPSA) is 47.0 Å². The van der Waals surface area contributed by atoms with Gasteiger partial charge in [0.15, 0.2) is 0 Å². The van der Waals surface area contributed by atoms with Crippen molar-refractivity contribution in [3.8, 4) is 0 Å². The Labute approximate surface area is 109 Å². The predicted molar refractivity (Wildman–Crippen MR) is 70.9 cm³/mol. The van der Waals surface area contributed by atoms with Crippen molar-refractivity contribution in [1.82, 2.24) is 14.7 Å². The summed E-state index contributed by atoms with van der Waals surface area (Å²) in [6.45, 7) is 5.88. The Hall–Kier alpha value is -0.810. The maximum Gasteiger partial charge on any atom is 0.407 e. The molecular weight excluding hydrogens is 230 g/mol. The third kappa shape index (κ3) is 3.59. The van der Waals surface area contributed by atoms with E-state index in [1.165, 1.54) is 12.8 Å². The molecule has 0 aromatic rings. The lowest BCUT2D eigenvalue weighted by molar-refractivity contribution is 0.0909. The zero-order valence-corrected chi connectivity index (χ0v) is 11.3. The number of carboxylic acid groups (broad SMARTS) is 1. The van der Waals surface area contributed by atoms with Gasteiger partial charge in [-0.15, -0.1) is 0 Å². The van der Waals surface area contributed by atoms with Crippen LogP contribution in [0.4, 0.5) is 4.79 Å². The molecule has 0 atom stereocenters. The molecule has 2 saturated heterocycles. The number of hydrogen-bond acceptors (Lipinski definition) is 3. The van der Waals surface area contributed by atoms with Gasteiger partial charge in [-0.25, -0.2) is 4.79 Å². The second kappa shape index (κ2) is 6.38. The molecule has 18 heavy (non-hydrogen) atoms. The average Bonchev–Trinajstić information content (AvgIpc) is 2.84. The molecule has 1 amide bonds. The van der Waals surface area contributed by atoms with Crippen molar-refractivity contribution in [2.75, 3.05) is 46.3 Å². The SMILES string of the molecule is CN1CCC(N(CCN2CCCC2)C(=O)O)CC1. The van der Waals surface area contributed by atoms with Crippen LogP contribution in [0.5, 0.6) is 0 Å². The summed E-state index contributed by atoms with van der Waals surface area (Å²) >= 11 is 0. The summed E-state index contributed by atoms with van der Waals surface area (Å²) in [7, 11) is 2.10. The van der Waals surface area contributed by atoms with E-state index in [9.17, 15) is 9.90 Å². The van der Waals surface area contributed by atoms with Crippen LogP contribution in [-0.2, 0) is 0 Å². The Morgan fingerprint density at radius 1 is 1.22 bits per heavy atom. The molecule has 0 bridgehead atoms. The van der Waals surface area contributed by atoms with E-state index in [1.54, 1.807) is 4.90 Å². The molecule has 0 aromatic carbocycles. The van der Waals surface area contributed by atoms with Crippen LogP contribution >= 0.6 is 0 Å². The number of piperidine rings is 1. The molecule has 0 aromatic heterocycles. The van der Waals surface area contributed by atoms with E-state index in [0.29, 0.717) is 6.54 Å². The number of rotatable bonds is 4. The molecule has 2 heterocycles. The van der Waals surface area contributed by atoms with Gasteiger partial charge in [-0.2, -0.15) is 0 Å². The van der Waals surface area contributed by atoms with Crippen LogP contribution in [0.3, 0.4) is 0 Å². The maximum atomic E-state index is 11.4. The highest BCUT2D eigenvalue weighted by Crippen LogP contribution is 2.16. The summed E-state index contributed by atoms with van der Waals surface area (Å²) in [6, 6.07) is 0.223. The molecule has 1 N–H and O–H groups in total. The largest absolute Gasteiger partial charge is 0.465 e. The number of amides is 1. The van der Waals surface area contributed by atoms with E-state index in [-0.39, 0.29) is 6.04 Å². The van der Waals surface area contributed by atoms with Crippen LogP contribution in [0.15, 0.2) is 0 Å². The highest BCUT2D eigenvalue weighted by molar-refractivity contribution is 5.65. The first-order valence-electron chi connectivity index (χ1n) is 7.07. The van der Waals surface area contributed by atoms with Gasteiger partial charge in [-0.05, 0) is 58.9 Å². The van der Waals surface area contributed by atoms with Crippen LogP contribution in [-0.4, -0.2) is 78.3 Å². The van der Waals surface area contributed by atoms with Crippen molar-refractivity contribution in [2.45, 2.75) is 31.7 Å². The van der Waals surface area contributed by atoms with Gasteiger partial charge < -0.3 is 19.8 Å². The fourth-order valence-electron chi connectivity index (χ4n) is 3.00. The van der Waals surface area contributed by atoms with E-state index in [2.05, 4.69) is 16.8 Å². The molecule has 5 heteroatoms. The minimum Gasteiger partial charge on any atom is -0.465 e. The Morgan fingerprint density at radius 2 is 1.83 bits per heavy atom. The second-order valence-corrected chi connectivity index (χ2v) is 5.56. The molecule has 5 nitrogen and oxygen atoms in total. The van der Waals surface area contributed by atoms with E-state index in [4.69, 9.17) is 0 Å². The summed E-state index contributed by atoms with van der Waals surface area (Å²) in [5.74, 6) is 0. The lowest BCUT2D eigenvalue weighted by Gasteiger charge is -2.36. The first-order valence-corrected chi connectivity index (χ1v) is 7.07. The minimum atomic E-state index is -0.747. The van der Waals surface area contributed by atoms with E-state index in [1.807, 2.05) is 0 Å². The molecule has 2 rings (SSSR count). The number of likely N-dealkylation sites (tertiary alicyclic amines) is 2. The highest BCUT2D eigenvalue weighted by atomic mass is 16.4. The highest BCUT2D eigenvalue weighted by Gasteiger charge is 2.27. The fraction of sp³-hybridized carbons (Fsp3) is 0.923. The van der Waals surface area contributed by atoms with Crippen molar-refractivity contribution in [3.05, 3.63) is 0 Å². The van der Waals surface area contributed by atoms with Gasteiger partial charge >= 0.3 is 6.09 Å². The first-order chi connectivity index (χ1) is 8.66. The van der Waals surface area contributed by atoms with E-state index >= 15 is 0 Å². The summed E-state index contributed by atoms with van der Waals surface area (Å²) in [5, 5.41) is 9.36. The third-order valence-electron chi connectivity index (χ3n) is 4.23. The average molecular weight is 255 g/mol. The first kappa shape index (κ1) is 13.6. The molecule has 0 aliphatic carbocycles. The molecule has 0 unspecified atom stereocenters. The Balaban J connectivity index is 1.81. The van der Waals surface area contributed by atoms with Gasteiger partial charge in [0, 0.05) is 19.1 Å². The standard InChI is InChI=1S/C13H25N3O2/c1-14-8-4-12(5-9-14)16(13(17)18)11-10-15-6-2-3-7-15/h12H,2-11H2,1H3,(H,17,18). The van der Waals surface area contributed by atoms with Gasteiger partial charge in [0.25, 0.3) is 0 Å². The fourth-order valence-corrected chi connectivity index (χ4v) is 3.00. The molecular formula is C13H25N3O2. The van der Waals surface area contributed by atoms with Crippen molar-refractivity contribution < 1.29 is 9.90 Å². The minimum absolute atomic E-state index is 0.223. The lowest BCUT2D eigenvalue weighted by Crippen LogP contribution is -2.48. The molecule has 0 spiro atoms. The monoisotopic (exact) mass is 255 g/mol. The summed E-state index contributed by atoms with van der Waals surface area (Å²) < 4.78 is 0. The third-order valence-corrected chi connectivity index (χ3v) is 4.23. The van der Waals surface area contributed by atoms with Crippen LogP contribution in [0.25, 0.3) is 0 Å². The van der Waals surface area contributed by atoms with Gasteiger partial charge in [0.2, 0.25) is 0 Å². The van der Waals surface area contributed by atoms with Crippen LogP contribution < -0.4 is 0 Å². The van der Waals surface area contributed by atoms with E-state index in [0.717, 1.165) is 45.6 Å². The molecule has 2 fully saturated rings. The predicted octanol–water partition coefficient (Wildman–Crippen LogP) is 1.16. The molecule has 0 radical (unpaired) electrons. The summed E-state index contributed by atoms with van der Waals surface area (Å²) in [6.07, 6.45) is 3.73. The van der Waals surface area contributed by atoms with Crippen molar-refractivity contribution >= 4 is 6.09 Å². The zero-order chi connectivity index (χ0) is 13.0. The number of nitrogens with zero attached hydrogens (tertiary/aromatic N) is 3.